The third-order valence-corrected chi connectivity index (χ3v) is 4.00. The zero-order valence-electron chi connectivity index (χ0n) is 12.4. The van der Waals surface area contributed by atoms with Gasteiger partial charge in [0.15, 0.2) is 16.8 Å². The summed E-state index contributed by atoms with van der Waals surface area (Å²) in [6.07, 6.45) is 0. The van der Waals surface area contributed by atoms with Gasteiger partial charge in [-0.25, -0.2) is 4.98 Å². The molecule has 0 radical (unpaired) electrons. The molecule has 20 heavy (non-hydrogen) atoms. The average Bonchev–Trinajstić information content (AvgIpc) is 2.41. The van der Waals surface area contributed by atoms with Gasteiger partial charge in [0, 0.05) is 11.1 Å². The van der Waals surface area contributed by atoms with Gasteiger partial charge in [0.1, 0.15) is 11.2 Å². The lowest BCUT2D eigenvalue weighted by atomic mass is 9.99. The van der Waals surface area contributed by atoms with Crippen molar-refractivity contribution in [3.8, 4) is 11.5 Å². The Balaban J connectivity index is 2.59. The van der Waals surface area contributed by atoms with Crippen LogP contribution in [0, 0.1) is 34.6 Å². The first-order valence-corrected chi connectivity index (χ1v) is 6.71. The van der Waals surface area contributed by atoms with Crippen LogP contribution in [0.25, 0.3) is 22.6 Å². The molecule has 1 aliphatic heterocycles. The van der Waals surface area contributed by atoms with Crippen LogP contribution in [-0.2, 0) is 0 Å². The molecule has 3 rings (SSSR count). The van der Waals surface area contributed by atoms with Crippen LogP contribution in [-0.4, -0.2) is 4.98 Å². The van der Waals surface area contributed by atoms with Gasteiger partial charge in [-0.2, -0.15) is 0 Å². The van der Waals surface area contributed by atoms with Crippen LogP contribution < -0.4 is 5.43 Å². The Morgan fingerprint density at radius 3 is 2.35 bits per heavy atom. The highest BCUT2D eigenvalue weighted by atomic mass is 16.3. The number of aryl methyl sites for hydroxylation is 2. The predicted molar refractivity (Wildman–Crippen MR) is 80.6 cm³/mol. The maximum absolute atomic E-state index is 12.2. The zero-order valence-corrected chi connectivity index (χ0v) is 12.4. The summed E-state index contributed by atoms with van der Waals surface area (Å²) in [7, 11) is 0. The van der Waals surface area contributed by atoms with Crippen molar-refractivity contribution in [3.05, 3.63) is 50.2 Å². The molecule has 0 amide bonds. The molecule has 0 fully saturated rings. The summed E-state index contributed by atoms with van der Waals surface area (Å²) < 4.78 is 5.99. The smallest absolute Gasteiger partial charge is 0.188 e. The molecule has 3 nitrogen and oxygen atoms in total. The minimum Gasteiger partial charge on any atom is -0.452 e. The average molecular weight is 267 g/mol. The van der Waals surface area contributed by atoms with E-state index in [2.05, 4.69) is 6.07 Å². The van der Waals surface area contributed by atoms with E-state index < -0.39 is 0 Å². The van der Waals surface area contributed by atoms with E-state index in [9.17, 15) is 4.79 Å². The molecule has 2 aliphatic rings. The minimum absolute atomic E-state index is 0.0456. The molecule has 0 saturated carbocycles. The standard InChI is InChI=1S/C17H17NO2/c1-8-6-9(2)14-13(7-8)20-17-12(5)16(19)11(4)10(3)15(17)18-14/h6-7H,1-5H3. The van der Waals surface area contributed by atoms with Crippen molar-refractivity contribution in [1.29, 1.82) is 0 Å². The fourth-order valence-corrected chi connectivity index (χ4v) is 2.70. The van der Waals surface area contributed by atoms with Crippen LogP contribution in [0.5, 0.6) is 0 Å². The van der Waals surface area contributed by atoms with Crippen molar-refractivity contribution < 1.29 is 4.42 Å². The Hall–Kier alpha value is -2.16. The highest BCUT2D eigenvalue weighted by Gasteiger charge is 2.20. The van der Waals surface area contributed by atoms with Gasteiger partial charge in [0.25, 0.3) is 0 Å². The van der Waals surface area contributed by atoms with Gasteiger partial charge < -0.3 is 4.42 Å². The monoisotopic (exact) mass is 267 g/mol. The van der Waals surface area contributed by atoms with Crippen LogP contribution in [0.4, 0.5) is 0 Å². The van der Waals surface area contributed by atoms with Crippen LogP contribution in [0.3, 0.4) is 0 Å². The molecular weight excluding hydrogens is 250 g/mol. The predicted octanol–water partition coefficient (Wildman–Crippen LogP) is 3.83. The Kier molecular flexibility index (Phi) is 2.68. The summed E-state index contributed by atoms with van der Waals surface area (Å²) in [6, 6.07) is 4.06. The molecule has 0 saturated heterocycles. The van der Waals surface area contributed by atoms with E-state index >= 15 is 0 Å². The first-order valence-electron chi connectivity index (χ1n) is 6.71. The fraction of sp³-hybridized carbons (Fsp3) is 0.294. The van der Waals surface area contributed by atoms with Crippen LogP contribution in [0.1, 0.15) is 27.8 Å². The first kappa shape index (κ1) is 12.9. The van der Waals surface area contributed by atoms with Crippen molar-refractivity contribution in [2.45, 2.75) is 34.6 Å². The van der Waals surface area contributed by atoms with E-state index in [-0.39, 0.29) is 5.43 Å². The Bertz CT molecular complexity index is 875. The Morgan fingerprint density at radius 2 is 1.65 bits per heavy atom. The second kappa shape index (κ2) is 4.17. The van der Waals surface area contributed by atoms with Crippen LogP contribution in [0.15, 0.2) is 21.3 Å². The molecule has 102 valence electrons. The quantitative estimate of drug-likeness (QED) is 0.581. The fourth-order valence-electron chi connectivity index (χ4n) is 2.70. The third-order valence-electron chi connectivity index (χ3n) is 4.00. The molecule has 0 aromatic heterocycles. The maximum Gasteiger partial charge on any atom is 0.188 e. The zero-order chi connectivity index (χ0) is 14.6. The molecule has 0 spiro atoms. The first-order chi connectivity index (χ1) is 9.40. The van der Waals surface area contributed by atoms with E-state index in [4.69, 9.17) is 9.40 Å². The second-order valence-corrected chi connectivity index (χ2v) is 5.52. The number of hydrogen-bond donors (Lipinski definition) is 0. The largest absolute Gasteiger partial charge is 0.452 e. The van der Waals surface area contributed by atoms with Crippen molar-refractivity contribution in [2.24, 2.45) is 0 Å². The lowest BCUT2D eigenvalue weighted by Crippen LogP contribution is -2.14. The summed E-state index contributed by atoms with van der Waals surface area (Å²) in [5.41, 5.74) is 6.95. The van der Waals surface area contributed by atoms with Gasteiger partial charge in [-0.1, -0.05) is 6.07 Å². The molecule has 0 bridgehead atoms. The highest BCUT2D eigenvalue weighted by molar-refractivity contribution is 5.81. The van der Waals surface area contributed by atoms with Crippen molar-refractivity contribution >= 4 is 11.1 Å². The van der Waals surface area contributed by atoms with E-state index in [1.807, 2.05) is 33.8 Å². The van der Waals surface area contributed by atoms with Crippen molar-refractivity contribution in [1.82, 2.24) is 4.98 Å². The SMILES string of the molecule is Cc1cc(C)c2nc3c(C)c(C)c(=O)c(C)c-3oc2c1. The number of nitrogens with zero attached hydrogens (tertiary/aromatic N) is 1. The van der Waals surface area contributed by atoms with Gasteiger partial charge in [-0.05, 0) is 57.4 Å². The third kappa shape index (κ3) is 1.66. The number of aromatic nitrogens is 1. The lowest BCUT2D eigenvalue weighted by molar-refractivity contribution is 0.606. The molecule has 0 N–H and O–H groups in total. The Labute approximate surface area is 117 Å². The molecular formula is C17H17NO2. The molecule has 1 aromatic carbocycles. The van der Waals surface area contributed by atoms with Crippen LogP contribution >= 0.6 is 0 Å². The normalized spacial score (nSPS) is 11.4. The van der Waals surface area contributed by atoms with Gasteiger partial charge in [0.05, 0.1) is 0 Å². The lowest BCUT2D eigenvalue weighted by Gasteiger charge is -2.14. The van der Waals surface area contributed by atoms with Gasteiger partial charge in [-0.3, -0.25) is 4.79 Å². The second-order valence-electron chi connectivity index (χ2n) is 5.52. The van der Waals surface area contributed by atoms with E-state index in [1.54, 1.807) is 6.92 Å². The topological polar surface area (TPSA) is 43.1 Å². The van der Waals surface area contributed by atoms with Gasteiger partial charge in [0.2, 0.25) is 0 Å². The summed E-state index contributed by atoms with van der Waals surface area (Å²) in [6.45, 7) is 9.63. The van der Waals surface area contributed by atoms with E-state index in [0.717, 1.165) is 39.0 Å². The molecule has 1 heterocycles. The number of benzene rings is 2. The number of hydrogen-bond acceptors (Lipinski definition) is 3. The summed E-state index contributed by atoms with van der Waals surface area (Å²) >= 11 is 0. The number of rotatable bonds is 0. The molecule has 0 atom stereocenters. The highest BCUT2D eigenvalue weighted by Crippen LogP contribution is 2.31. The molecule has 3 heteroatoms. The summed E-state index contributed by atoms with van der Waals surface area (Å²) in [4.78, 5) is 16.9. The van der Waals surface area contributed by atoms with Gasteiger partial charge >= 0.3 is 0 Å². The molecule has 1 aliphatic carbocycles. The molecule has 1 aromatic rings. The Morgan fingerprint density at radius 1 is 0.950 bits per heavy atom. The molecule has 0 unspecified atom stereocenters. The van der Waals surface area contributed by atoms with Gasteiger partial charge in [-0.15, -0.1) is 0 Å². The maximum atomic E-state index is 12.2. The summed E-state index contributed by atoms with van der Waals surface area (Å²) in [5, 5.41) is 0. The van der Waals surface area contributed by atoms with Crippen molar-refractivity contribution in [2.75, 3.05) is 0 Å². The van der Waals surface area contributed by atoms with E-state index in [1.165, 1.54) is 0 Å². The number of fused-ring (bicyclic) bond motifs is 2. The minimum atomic E-state index is 0.0456. The van der Waals surface area contributed by atoms with E-state index in [0.29, 0.717) is 11.3 Å². The van der Waals surface area contributed by atoms with Crippen LogP contribution in [0.2, 0.25) is 0 Å². The summed E-state index contributed by atoms with van der Waals surface area (Å²) in [5.74, 6) is 0.607. The van der Waals surface area contributed by atoms with Crippen molar-refractivity contribution in [3.63, 3.8) is 0 Å².